The van der Waals surface area contributed by atoms with E-state index < -0.39 is 17.8 Å². The molecule has 4 rings (SSSR count). The topological polar surface area (TPSA) is 82.9 Å². The van der Waals surface area contributed by atoms with E-state index in [-0.39, 0.29) is 16.3 Å². The Labute approximate surface area is 170 Å². The van der Waals surface area contributed by atoms with Crippen LogP contribution >= 0.6 is 23.2 Å². The van der Waals surface area contributed by atoms with Gasteiger partial charge in [0.1, 0.15) is 11.3 Å². The molecule has 1 aromatic heterocycles. The Bertz CT molecular complexity index is 1010. The normalized spacial score (nSPS) is 18.9. The summed E-state index contributed by atoms with van der Waals surface area (Å²) in [5.41, 5.74) is -0.0999. The second kappa shape index (κ2) is 7.33. The number of hydrogen-bond donors (Lipinski definition) is 1. The van der Waals surface area contributed by atoms with Crippen molar-refractivity contribution in [2.75, 3.05) is 22.9 Å². The van der Waals surface area contributed by atoms with Crippen molar-refractivity contribution in [1.29, 1.82) is 0 Å². The predicted molar refractivity (Wildman–Crippen MR) is 106 cm³/mol. The van der Waals surface area contributed by atoms with Crippen molar-refractivity contribution in [3.63, 3.8) is 0 Å². The van der Waals surface area contributed by atoms with Gasteiger partial charge in [-0.1, -0.05) is 23.2 Å². The van der Waals surface area contributed by atoms with Crippen LogP contribution in [0.25, 0.3) is 6.08 Å². The molecule has 2 aliphatic rings. The van der Waals surface area contributed by atoms with Gasteiger partial charge in [-0.25, -0.2) is 9.69 Å². The first kappa shape index (κ1) is 18.6. The average molecular weight is 420 g/mol. The fraction of sp³-hybridized carbons (Fsp3) is 0.211. The molecule has 7 nitrogen and oxygen atoms in total. The van der Waals surface area contributed by atoms with Crippen LogP contribution in [0.5, 0.6) is 0 Å². The van der Waals surface area contributed by atoms with E-state index in [4.69, 9.17) is 27.6 Å². The second-order valence-corrected chi connectivity index (χ2v) is 7.27. The minimum Gasteiger partial charge on any atom is -0.441 e. The van der Waals surface area contributed by atoms with E-state index in [2.05, 4.69) is 10.2 Å². The zero-order valence-corrected chi connectivity index (χ0v) is 16.1. The standard InChI is InChI=1S/C19H15Cl2N3O4/c20-11-3-5-15(14(21)9-11)24-18(26)13(17(25)22-19(24)27)10-12-4-6-16(28-12)23-7-1-2-8-23/h3-6,9-10H,1-2,7-8H2,(H,22,25,27)/b13-10+. The highest BCUT2D eigenvalue weighted by Crippen LogP contribution is 2.32. The van der Waals surface area contributed by atoms with Gasteiger partial charge in [0.05, 0.1) is 10.7 Å². The van der Waals surface area contributed by atoms with E-state index in [9.17, 15) is 14.4 Å². The van der Waals surface area contributed by atoms with Gasteiger partial charge in [-0.2, -0.15) is 0 Å². The van der Waals surface area contributed by atoms with Crippen LogP contribution < -0.4 is 15.1 Å². The molecule has 2 aliphatic heterocycles. The molecule has 4 amide bonds. The third kappa shape index (κ3) is 3.39. The first-order valence-corrected chi connectivity index (χ1v) is 9.41. The Morgan fingerprint density at radius 1 is 1.04 bits per heavy atom. The lowest BCUT2D eigenvalue weighted by Crippen LogP contribution is -2.54. The molecule has 2 fully saturated rings. The lowest BCUT2D eigenvalue weighted by atomic mass is 10.1. The number of nitrogens with zero attached hydrogens (tertiary/aromatic N) is 2. The quantitative estimate of drug-likeness (QED) is 0.603. The summed E-state index contributed by atoms with van der Waals surface area (Å²) < 4.78 is 5.74. The van der Waals surface area contributed by atoms with Crippen LogP contribution in [0.3, 0.4) is 0 Å². The third-order valence-corrected chi connectivity index (χ3v) is 5.11. The molecule has 0 unspecified atom stereocenters. The number of amides is 4. The fourth-order valence-electron chi connectivity index (χ4n) is 3.21. The number of furan rings is 1. The molecular formula is C19H15Cl2N3O4. The number of benzene rings is 1. The van der Waals surface area contributed by atoms with Gasteiger partial charge in [0.2, 0.25) is 0 Å². The monoisotopic (exact) mass is 419 g/mol. The summed E-state index contributed by atoms with van der Waals surface area (Å²) in [4.78, 5) is 40.3. The van der Waals surface area contributed by atoms with E-state index in [0.29, 0.717) is 16.7 Å². The molecule has 1 aromatic carbocycles. The summed E-state index contributed by atoms with van der Waals surface area (Å²) in [6.07, 6.45) is 3.51. The summed E-state index contributed by atoms with van der Waals surface area (Å²) in [7, 11) is 0. The summed E-state index contributed by atoms with van der Waals surface area (Å²) >= 11 is 12.0. The number of nitrogens with one attached hydrogen (secondary N) is 1. The maximum absolute atomic E-state index is 12.9. The van der Waals surface area contributed by atoms with Crippen molar-refractivity contribution in [3.8, 4) is 0 Å². The van der Waals surface area contributed by atoms with Crippen LogP contribution in [0.15, 0.2) is 40.3 Å². The molecule has 0 aliphatic carbocycles. The molecule has 1 N–H and O–H groups in total. The lowest BCUT2D eigenvalue weighted by Gasteiger charge is -2.26. The molecule has 0 radical (unpaired) electrons. The highest BCUT2D eigenvalue weighted by molar-refractivity contribution is 6.42. The predicted octanol–water partition coefficient (Wildman–Crippen LogP) is 3.85. The van der Waals surface area contributed by atoms with Gasteiger partial charge in [-0.15, -0.1) is 0 Å². The van der Waals surface area contributed by atoms with Gasteiger partial charge in [0.25, 0.3) is 11.8 Å². The summed E-state index contributed by atoms with van der Waals surface area (Å²) in [6, 6.07) is 6.94. The van der Waals surface area contributed by atoms with Crippen LogP contribution in [0.1, 0.15) is 18.6 Å². The highest BCUT2D eigenvalue weighted by atomic mass is 35.5. The lowest BCUT2D eigenvalue weighted by molar-refractivity contribution is -0.122. The molecule has 0 bridgehead atoms. The number of halogens is 2. The van der Waals surface area contributed by atoms with E-state index in [1.165, 1.54) is 24.3 Å². The summed E-state index contributed by atoms with van der Waals surface area (Å²) in [5.74, 6) is -0.564. The van der Waals surface area contributed by atoms with Gasteiger partial charge < -0.3 is 9.32 Å². The Morgan fingerprint density at radius 2 is 1.79 bits per heavy atom. The minimum absolute atomic E-state index is 0.110. The van der Waals surface area contributed by atoms with Crippen LogP contribution in [-0.4, -0.2) is 30.9 Å². The van der Waals surface area contributed by atoms with Crippen LogP contribution in [0.2, 0.25) is 10.0 Å². The number of urea groups is 1. The molecule has 0 saturated carbocycles. The number of anilines is 2. The zero-order chi connectivity index (χ0) is 19.8. The first-order chi connectivity index (χ1) is 13.4. The maximum Gasteiger partial charge on any atom is 0.335 e. The van der Waals surface area contributed by atoms with Crippen LogP contribution in [0.4, 0.5) is 16.4 Å². The zero-order valence-electron chi connectivity index (χ0n) is 14.6. The van der Waals surface area contributed by atoms with Crippen molar-refractivity contribution >= 4 is 58.7 Å². The number of barbiturate groups is 1. The van der Waals surface area contributed by atoms with Crippen molar-refractivity contribution in [2.45, 2.75) is 12.8 Å². The van der Waals surface area contributed by atoms with E-state index >= 15 is 0 Å². The Kier molecular flexibility index (Phi) is 4.87. The van der Waals surface area contributed by atoms with Crippen LogP contribution in [0, 0.1) is 0 Å². The fourth-order valence-corrected chi connectivity index (χ4v) is 3.70. The smallest absolute Gasteiger partial charge is 0.335 e. The number of hydrogen-bond acceptors (Lipinski definition) is 5. The van der Waals surface area contributed by atoms with Gasteiger partial charge in [0, 0.05) is 24.2 Å². The van der Waals surface area contributed by atoms with Crippen LogP contribution in [-0.2, 0) is 9.59 Å². The number of carbonyl (C=O) groups excluding carboxylic acids is 3. The molecule has 0 spiro atoms. The SMILES string of the molecule is O=C1NC(=O)N(c2ccc(Cl)cc2Cl)C(=O)/C1=C/c1ccc(N2CCCC2)o1. The van der Waals surface area contributed by atoms with E-state index in [1.54, 1.807) is 12.1 Å². The molecule has 3 heterocycles. The Morgan fingerprint density at radius 3 is 2.50 bits per heavy atom. The third-order valence-electron chi connectivity index (χ3n) is 4.57. The average Bonchev–Trinajstić information content (AvgIpc) is 3.31. The van der Waals surface area contributed by atoms with Gasteiger partial charge in [0.15, 0.2) is 5.88 Å². The maximum atomic E-state index is 12.9. The van der Waals surface area contributed by atoms with Crippen molar-refractivity contribution in [3.05, 3.63) is 51.7 Å². The van der Waals surface area contributed by atoms with Gasteiger partial charge >= 0.3 is 6.03 Å². The van der Waals surface area contributed by atoms with Gasteiger partial charge in [-0.05, 0) is 43.2 Å². The first-order valence-electron chi connectivity index (χ1n) is 8.65. The van der Waals surface area contributed by atoms with Crippen molar-refractivity contribution in [2.24, 2.45) is 0 Å². The molecule has 2 aromatic rings. The Hall–Kier alpha value is -2.77. The highest BCUT2D eigenvalue weighted by Gasteiger charge is 2.38. The Balaban J connectivity index is 1.66. The largest absolute Gasteiger partial charge is 0.441 e. The molecule has 9 heteroatoms. The van der Waals surface area contributed by atoms with Crippen molar-refractivity contribution < 1.29 is 18.8 Å². The van der Waals surface area contributed by atoms with E-state index in [1.807, 2.05) is 0 Å². The molecule has 0 atom stereocenters. The number of imide groups is 2. The molecule has 28 heavy (non-hydrogen) atoms. The van der Waals surface area contributed by atoms with E-state index in [0.717, 1.165) is 30.8 Å². The number of rotatable bonds is 3. The molecule has 144 valence electrons. The van der Waals surface area contributed by atoms with Gasteiger partial charge in [-0.3, -0.25) is 14.9 Å². The second-order valence-electron chi connectivity index (χ2n) is 6.42. The molecular weight excluding hydrogens is 405 g/mol. The number of carbonyl (C=O) groups is 3. The summed E-state index contributed by atoms with van der Waals surface area (Å²) in [5, 5.41) is 2.61. The minimum atomic E-state index is -0.881. The molecule has 2 saturated heterocycles. The van der Waals surface area contributed by atoms with Crippen molar-refractivity contribution in [1.82, 2.24) is 5.32 Å². The summed E-state index contributed by atoms with van der Waals surface area (Å²) in [6.45, 7) is 1.81.